The van der Waals surface area contributed by atoms with Gasteiger partial charge in [-0.1, -0.05) is 0 Å². The molecular formula is C7H13NO. The summed E-state index contributed by atoms with van der Waals surface area (Å²) in [5.41, 5.74) is 2.27. The monoisotopic (exact) mass is 127 g/mol. The standard InChI is InChI=1S/C7H13NO/c1-6-4-5-8(3,9)7(6)2/h4-5H2,1-3H3. The van der Waals surface area contributed by atoms with Crippen LogP contribution in [0.2, 0.25) is 0 Å². The lowest BCUT2D eigenvalue weighted by Crippen LogP contribution is -2.32. The number of allylic oxidation sites excluding steroid dienone is 1. The average Bonchev–Trinajstić information content (AvgIpc) is 1.97. The summed E-state index contributed by atoms with van der Waals surface area (Å²) in [6, 6.07) is 0. The lowest BCUT2D eigenvalue weighted by molar-refractivity contribution is -0.815. The van der Waals surface area contributed by atoms with E-state index < -0.39 is 0 Å². The maximum Gasteiger partial charge on any atom is 0.105 e. The molecule has 1 aliphatic rings. The van der Waals surface area contributed by atoms with E-state index in [1.165, 1.54) is 5.57 Å². The maximum absolute atomic E-state index is 11.3. The van der Waals surface area contributed by atoms with Crippen molar-refractivity contribution < 1.29 is 4.65 Å². The first kappa shape index (κ1) is 6.78. The van der Waals surface area contributed by atoms with Gasteiger partial charge in [0.15, 0.2) is 0 Å². The zero-order valence-corrected chi connectivity index (χ0v) is 6.27. The Bertz CT molecular complexity index is 158. The predicted octanol–water partition coefficient (Wildman–Crippen LogP) is 1.63. The Hall–Kier alpha value is -0.340. The summed E-state index contributed by atoms with van der Waals surface area (Å²) < 4.78 is -0.147. The van der Waals surface area contributed by atoms with Gasteiger partial charge in [0, 0.05) is 13.3 Å². The summed E-state index contributed by atoms with van der Waals surface area (Å²) in [6.45, 7) is 4.70. The van der Waals surface area contributed by atoms with Crippen molar-refractivity contribution in [3.05, 3.63) is 16.5 Å². The molecule has 0 aromatic rings. The number of nitrogens with zero attached hydrogens (tertiary/aromatic N) is 1. The second kappa shape index (κ2) is 1.82. The van der Waals surface area contributed by atoms with Crippen molar-refractivity contribution in [1.82, 2.24) is 0 Å². The Morgan fingerprint density at radius 3 is 2.11 bits per heavy atom. The quantitative estimate of drug-likeness (QED) is 0.358. The van der Waals surface area contributed by atoms with Gasteiger partial charge < -0.3 is 9.85 Å². The molecule has 0 saturated heterocycles. The van der Waals surface area contributed by atoms with Gasteiger partial charge in [-0.15, -0.1) is 0 Å². The van der Waals surface area contributed by atoms with Crippen molar-refractivity contribution in [2.75, 3.05) is 13.6 Å². The minimum Gasteiger partial charge on any atom is -0.628 e. The largest absolute Gasteiger partial charge is 0.628 e. The van der Waals surface area contributed by atoms with Gasteiger partial charge in [0.05, 0.1) is 13.6 Å². The molecule has 0 N–H and O–H groups in total. The maximum atomic E-state index is 11.3. The van der Waals surface area contributed by atoms with E-state index >= 15 is 0 Å². The summed E-state index contributed by atoms with van der Waals surface area (Å²) in [7, 11) is 1.71. The fraction of sp³-hybridized carbons (Fsp3) is 0.714. The molecule has 0 amide bonds. The van der Waals surface area contributed by atoms with E-state index in [0.29, 0.717) is 0 Å². The Kier molecular flexibility index (Phi) is 1.37. The fourth-order valence-electron chi connectivity index (χ4n) is 1.13. The molecule has 1 heterocycles. The van der Waals surface area contributed by atoms with Crippen LogP contribution in [-0.4, -0.2) is 18.2 Å². The van der Waals surface area contributed by atoms with E-state index in [4.69, 9.17) is 0 Å². The highest BCUT2D eigenvalue weighted by Crippen LogP contribution is 2.26. The smallest absolute Gasteiger partial charge is 0.105 e. The molecule has 0 aliphatic carbocycles. The molecule has 0 radical (unpaired) electrons. The topological polar surface area (TPSA) is 23.1 Å². The zero-order valence-electron chi connectivity index (χ0n) is 6.27. The minimum absolute atomic E-state index is 0.147. The van der Waals surface area contributed by atoms with Gasteiger partial charge in [0.25, 0.3) is 0 Å². The average molecular weight is 127 g/mol. The predicted molar refractivity (Wildman–Crippen MR) is 37.4 cm³/mol. The van der Waals surface area contributed by atoms with Gasteiger partial charge >= 0.3 is 0 Å². The highest BCUT2D eigenvalue weighted by atomic mass is 16.5. The van der Waals surface area contributed by atoms with Gasteiger partial charge in [0.1, 0.15) is 5.70 Å². The van der Waals surface area contributed by atoms with Crippen molar-refractivity contribution in [3.63, 3.8) is 0 Å². The van der Waals surface area contributed by atoms with Gasteiger partial charge in [0.2, 0.25) is 0 Å². The van der Waals surface area contributed by atoms with E-state index in [1.54, 1.807) is 7.05 Å². The Morgan fingerprint density at radius 2 is 2.00 bits per heavy atom. The van der Waals surface area contributed by atoms with Crippen LogP contribution >= 0.6 is 0 Å². The van der Waals surface area contributed by atoms with Gasteiger partial charge in [-0.05, 0) is 12.5 Å². The molecule has 1 unspecified atom stereocenters. The van der Waals surface area contributed by atoms with Crippen LogP contribution in [0.5, 0.6) is 0 Å². The number of hydrogen-bond acceptors (Lipinski definition) is 1. The number of hydrogen-bond donors (Lipinski definition) is 0. The molecule has 2 heteroatoms. The Balaban J connectivity index is 2.88. The fourth-order valence-corrected chi connectivity index (χ4v) is 1.13. The van der Waals surface area contributed by atoms with Crippen molar-refractivity contribution in [3.8, 4) is 0 Å². The minimum atomic E-state index is -0.147. The molecule has 9 heavy (non-hydrogen) atoms. The molecule has 0 spiro atoms. The lowest BCUT2D eigenvalue weighted by Gasteiger charge is -2.34. The van der Waals surface area contributed by atoms with E-state index in [9.17, 15) is 5.21 Å². The molecule has 2 nitrogen and oxygen atoms in total. The molecule has 52 valence electrons. The molecule has 0 fully saturated rings. The van der Waals surface area contributed by atoms with E-state index in [1.807, 2.05) is 13.8 Å². The summed E-state index contributed by atoms with van der Waals surface area (Å²) in [5.74, 6) is 0. The summed E-state index contributed by atoms with van der Waals surface area (Å²) >= 11 is 0. The number of hydroxylamine groups is 3. The van der Waals surface area contributed by atoms with Crippen LogP contribution in [-0.2, 0) is 0 Å². The first-order chi connectivity index (χ1) is 4.04. The van der Waals surface area contributed by atoms with Crippen LogP contribution in [0.25, 0.3) is 0 Å². The van der Waals surface area contributed by atoms with Gasteiger partial charge in [-0.25, -0.2) is 0 Å². The van der Waals surface area contributed by atoms with E-state index in [2.05, 4.69) is 0 Å². The van der Waals surface area contributed by atoms with Crippen molar-refractivity contribution in [2.24, 2.45) is 0 Å². The van der Waals surface area contributed by atoms with Gasteiger partial charge in [-0.2, -0.15) is 0 Å². The van der Waals surface area contributed by atoms with Crippen LogP contribution < -0.4 is 0 Å². The third-order valence-corrected chi connectivity index (χ3v) is 2.24. The highest BCUT2D eigenvalue weighted by molar-refractivity contribution is 5.07. The Labute approximate surface area is 56.0 Å². The second-order valence-electron chi connectivity index (χ2n) is 2.94. The number of rotatable bonds is 0. The second-order valence-corrected chi connectivity index (χ2v) is 2.94. The van der Waals surface area contributed by atoms with E-state index in [0.717, 1.165) is 18.7 Å². The SMILES string of the molecule is CC1=C(C)[N+](C)([O-])CC1. The molecular weight excluding hydrogens is 114 g/mol. The number of quaternary nitrogens is 1. The van der Waals surface area contributed by atoms with Crippen LogP contribution in [0.15, 0.2) is 11.3 Å². The zero-order chi connectivity index (χ0) is 7.07. The van der Waals surface area contributed by atoms with Gasteiger partial charge in [-0.3, -0.25) is 0 Å². The van der Waals surface area contributed by atoms with Crippen molar-refractivity contribution in [2.45, 2.75) is 20.3 Å². The first-order valence-electron chi connectivity index (χ1n) is 3.27. The first-order valence-corrected chi connectivity index (χ1v) is 3.27. The summed E-state index contributed by atoms with van der Waals surface area (Å²) in [6.07, 6.45) is 0.978. The lowest BCUT2D eigenvalue weighted by atomic mass is 10.2. The molecule has 1 rings (SSSR count). The molecule has 0 aromatic carbocycles. The molecule has 1 atom stereocenters. The third-order valence-electron chi connectivity index (χ3n) is 2.24. The molecule has 0 bridgehead atoms. The molecule has 0 saturated carbocycles. The summed E-state index contributed by atoms with van der Waals surface area (Å²) in [4.78, 5) is 0. The summed E-state index contributed by atoms with van der Waals surface area (Å²) in [5, 5.41) is 11.3. The van der Waals surface area contributed by atoms with Crippen molar-refractivity contribution >= 4 is 0 Å². The van der Waals surface area contributed by atoms with Crippen molar-refractivity contribution in [1.29, 1.82) is 0 Å². The third kappa shape index (κ3) is 1.00. The van der Waals surface area contributed by atoms with E-state index in [-0.39, 0.29) is 4.65 Å². The van der Waals surface area contributed by atoms with Crippen LogP contribution in [0.1, 0.15) is 20.3 Å². The van der Waals surface area contributed by atoms with Crippen LogP contribution in [0.4, 0.5) is 0 Å². The van der Waals surface area contributed by atoms with Crippen LogP contribution in [0.3, 0.4) is 0 Å². The Morgan fingerprint density at radius 1 is 1.44 bits per heavy atom. The molecule has 0 aromatic heterocycles. The van der Waals surface area contributed by atoms with Crippen LogP contribution in [0, 0.1) is 5.21 Å². The molecule has 1 aliphatic heterocycles. The highest BCUT2D eigenvalue weighted by Gasteiger charge is 2.22. The normalized spacial score (nSPS) is 36.0.